The van der Waals surface area contributed by atoms with Crippen molar-refractivity contribution in [2.24, 2.45) is 4.99 Å². The Kier molecular flexibility index (Phi) is 9.38. The lowest BCUT2D eigenvalue weighted by Crippen LogP contribution is -2.44. The van der Waals surface area contributed by atoms with Gasteiger partial charge in [0.2, 0.25) is 0 Å². The Bertz CT molecular complexity index is 695. The van der Waals surface area contributed by atoms with Crippen LogP contribution in [0.4, 0.5) is 13.6 Å². The molecule has 0 spiro atoms. The highest BCUT2D eigenvalue weighted by molar-refractivity contribution is 14.0. The number of hydrogen-bond donors (Lipinski definition) is 2. The zero-order valence-corrected chi connectivity index (χ0v) is 19.1. The highest BCUT2D eigenvalue weighted by Gasteiger charge is 2.27. The van der Waals surface area contributed by atoms with Crippen molar-refractivity contribution in [3.63, 3.8) is 0 Å². The number of benzene rings is 1. The molecule has 1 aliphatic rings. The lowest BCUT2D eigenvalue weighted by Gasteiger charge is -2.23. The summed E-state index contributed by atoms with van der Waals surface area (Å²) in [7, 11) is 1.67. The fourth-order valence-corrected chi connectivity index (χ4v) is 2.93. The molecular formula is C19H29F2IN4O2. The summed E-state index contributed by atoms with van der Waals surface area (Å²) in [6.45, 7) is 7.22. The van der Waals surface area contributed by atoms with Gasteiger partial charge in [-0.3, -0.25) is 4.99 Å². The van der Waals surface area contributed by atoms with E-state index in [9.17, 15) is 13.6 Å². The Morgan fingerprint density at radius 3 is 2.71 bits per heavy atom. The van der Waals surface area contributed by atoms with E-state index in [1.807, 2.05) is 25.7 Å². The van der Waals surface area contributed by atoms with Gasteiger partial charge in [-0.1, -0.05) is 12.1 Å². The van der Waals surface area contributed by atoms with E-state index >= 15 is 0 Å². The van der Waals surface area contributed by atoms with Crippen LogP contribution in [0.15, 0.2) is 23.2 Å². The Morgan fingerprint density at radius 1 is 1.36 bits per heavy atom. The molecule has 1 aromatic carbocycles. The monoisotopic (exact) mass is 510 g/mol. The minimum absolute atomic E-state index is 0. The first-order valence-electron chi connectivity index (χ1n) is 9.07. The van der Waals surface area contributed by atoms with Gasteiger partial charge in [-0.25, -0.2) is 13.6 Å². The molecule has 1 aliphatic heterocycles. The third-order valence-corrected chi connectivity index (χ3v) is 4.13. The smallest absolute Gasteiger partial charge is 0.407 e. The van der Waals surface area contributed by atoms with Crippen LogP contribution in [0.25, 0.3) is 0 Å². The predicted molar refractivity (Wildman–Crippen MR) is 116 cm³/mol. The summed E-state index contributed by atoms with van der Waals surface area (Å²) in [5.41, 5.74) is -0.213. The minimum Gasteiger partial charge on any atom is -0.444 e. The summed E-state index contributed by atoms with van der Waals surface area (Å²) in [4.78, 5) is 18.1. The van der Waals surface area contributed by atoms with Crippen LogP contribution in [0, 0.1) is 11.6 Å². The molecule has 1 amide bonds. The van der Waals surface area contributed by atoms with E-state index in [4.69, 9.17) is 4.74 Å². The van der Waals surface area contributed by atoms with Crippen molar-refractivity contribution >= 4 is 36.0 Å². The number of guanidine groups is 1. The second-order valence-corrected chi connectivity index (χ2v) is 7.51. The molecule has 1 atom stereocenters. The number of nitrogens with one attached hydrogen (secondary N) is 2. The van der Waals surface area contributed by atoms with Gasteiger partial charge in [0.15, 0.2) is 17.6 Å². The maximum Gasteiger partial charge on any atom is 0.407 e. The van der Waals surface area contributed by atoms with Crippen LogP contribution in [-0.4, -0.2) is 55.3 Å². The summed E-state index contributed by atoms with van der Waals surface area (Å²) in [6.07, 6.45) is 0.688. The first-order chi connectivity index (χ1) is 12.7. The van der Waals surface area contributed by atoms with Crippen molar-refractivity contribution in [1.82, 2.24) is 15.5 Å². The van der Waals surface area contributed by atoms with E-state index < -0.39 is 23.3 Å². The number of alkyl carbamates (subject to hydrolysis) is 1. The predicted octanol–water partition coefficient (Wildman–Crippen LogP) is 3.30. The van der Waals surface area contributed by atoms with Crippen LogP contribution in [0.5, 0.6) is 0 Å². The first-order valence-corrected chi connectivity index (χ1v) is 9.07. The van der Waals surface area contributed by atoms with Crippen molar-refractivity contribution < 1.29 is 18.3 Å². The van der Waals surface area contributed by atoms with E-state index in [0.717, 1.165) is 19.0 Å². The molecular weight excluding hydrogens is 481 g/mol. The number of carbonyl (C=O) groups excluding carboxylic acids is 1. The Morgan fingerprint density at radius 2 is 2.07 bits per heavy atom. The van der Waals surface area contributed by atoms with Crippen LogP contribution < -0.4 is 10.6 Å². The maximum atomic E-state index is 13.7. The second-order valence-electron chi connectivity index (χ2n) is 7.51. The van der Waals surface area contributed by atoms with Crippen molar-refractivity contribution in [3.8, 4) is 0 Å². The molecule has 6 nitrogen and oxygen atoms in total. The number of amides is 1. The van der Waals surface area contributed by atoms with Gasteiger partial charge < -0.3 is 20.3 Å². The van der Waals surface area contributed by atoms with Crippen LogP contribution in [0.1, 0.15) is 32.8 Å². The average molecular weight is 510 g/mol. The van der Waals surface area contributed by atoms with Crippen molar-refractivity contribution in [2.75, 3.05) is 26.7 Å². The van der Waals surface area contributed by atoms with E-state index in [1.165, 1.54) is 6.07 Å². The number of aliphatic imine (C=N–C) groups is 1. The molecule has 158 valence electrons. The third-order valence-electron chi connectivity index (χ3n) is 4.13. The number of rotatable bonds is 4. The lowest BCUT2D eigenvalue weighted by atomic mass is 10.1. The van der Waals surface area contributed by atoms with Crippen LogP contribution in [0.2, 0.25) is 0 Å². The molecule has 9 heteroatoms. The highest BCUT2D eigenvalue weighted by Crippen LogP contribution is 2.13. The molecule has 1 saturated heterocycles. The molecule has 1 fully saturated rings. The summed E-state index contributed by atoms with van der Waals surface area (Å²) < 4.78 is 32.2. The fraction of sp³-hybridized carbons (Fsp3) is 0.579. The number of halogens is 3. The van der Waals surface area contributed by atoms with E-state index in [-0.39, 0.29) is 30.0 Å². The fourth-order valence-electron chi connectivity index (χ4n) is 2.93. The molecule has 1 unspecified atom stereocenters. The van der Waals surface area contributed by atoms with Gasteiger partial charge in [0.1, 0.15) is 5.60 Å². The van der Waals surface area contributed by atoms with E-state index in [0.29, 0.717) is 31.0 Å². The molecule has 2 rings (SSSR count). The Hall–Kier alpha value is -1.65. The molecule has 0 aromatic heterocycles. The van der Waals surface area contributed by atoms with Crippen LogP contribution in [-0.2, 0) is 11.2 Å². The average Bonchev–Trinajstić information content (AvgIpc) is 3.01. The van der Waals surface area contributed by atoms with Gasteiger partial charge in [-0.15, -0.1) is 24.0 Å². The van der Waals surface area contributed by atoms with Crippen LogP contribution >= 0.6 is 24.0 Å². The molecule has 2 N–H and O–H groups in total. The molecule has 0 aliphatic carbocycles. The van der Waals surface area contributed by atoms with Crippen molar-refractivity contribution in [1.29, 1.82) is 0 Å². The second kappa shape index (κ2) is 10.8. The van der Waals surface area contributed by atoms with Crippen molar-refractivity contribution in [2.45, 2.75) is 45.3 Å². The quantitative estimate of drug-likeness (QED) is 0.371. The normalized spacial score (nSPS) is 17.1. The van der Waals surface area contributed by atoms with Gasteiger partial charge in [0.25, 0.3) is 0 Å². The van der Waals surface area contributed by atoms with E-state index in [2.05, 4.69) is 15.6 Å². The Balaban J connectivity index is 0.00000392. The van der Waals surface area contributed by atoms with Gasteiger partial charge in [-0.05, 0) is 45.2 Å². The molecule has 1 heterocycles. The molecule has 0 saturated carbocycles. The lowest BCUT2D eigenvalue weighted by molar-refractivity contribution is 0.0507. The van der Waals surface area contributed by atoms with Gasteiger partial charge in [0.05, 0.1) is 6.04 Å². The largest absolute Gasteiger partial charge is 0.444 e. The number of hydrogen-bond acceptors (Lipinski definition) is 3. The zero-order valence-electron chi connectivity index (χ0n) is 16.7. The minimum atomic E-state index is -0.840. The van der Waals surface area contributed by atoms with Gasteiger partial charge in [-0.2, -0.15) is 0 Å². The topological polar surface area (TPSA) is 66.0 Å². The van der Waals surface area contributed by atoms with Crippen molar-refractivity contribution in [3.05, 3.63) is 35.4 Å². The number of nitrogens with zero attached hydrogens (tertiary/aromatic N) is 2. The van der Waals surface area contributed by atoms with Crippen LogP contribution in [0.3, 0.4) is 0 Å². The SMILES string of the molecule is CN=C(NCCc1cccc(F)c1F)N1CCC(NC(=O)OC(C)(C)C)C1.I. The summed E-state index contributed by atoms with van der Waals surface area (Å²) in [5.74, 6) is -0.982. The standard InChI is InChI=1S/C19H28F2N4O2.HI/c1-19(2,3)27-18(26)24-14-9-11-25(12-14)17(22-4)23-10-8-13-6-5-7-15(20)16(13)21;/h5-7,14H,8-12H2,1-4H3,(H,22,23)(H,24,26);1H. The summed E-state index contributed by atoms with van der Waals surface area (Å²) >= 11 is 0. The number of likely N-dealkylation sites (tertiary alicyclic amines) is 1. The summed E-state index contributed by atoms with van der Waals surface area (Å²) in [6, 6.07) is 4.14. The third kappa shape index (κ3) is 7.40. The highest BCUT2D eigenvalue weighted by atomic mass is 127. The molecule has 28 heavy (non-hydrogen) atoms. The molecule has 1 aromatic rings. The first kappa shape index (κ1) is 24.4. The number of ether oxygens (including phenoxy) is 1. The Labute approximate surface area is 182 Å². The molecule has 0 bridgehead atoms. The number of carbonyl (C=O) groups is 1. The van der Waals surface area contributed by atoms with Gasteiger partial charge >= 0.3 is 6.09 Å². The van der Waals surface area contributed by atoms with E-state index in [1.54, 1.807) is 13.1 Å². The maximum absolute atomic E-state index is 13.7. The molecule has 0 radical (unpaired) electrons. The zero-order chi connectivity index (χ0) is 20.0. The summed E-state index contributed by atoms with van der Waals surface area (Å²) in [5, 5.41) is 6.02. The van der Waals surface area contributed by atoms with Gasteiger partial charge in [0, 0.05) is 26.7 Å².